The van der Waals surface area contributed by atoms with Crippen molar-refractivity contribution in [3.05, 3.63) is 11.1 Å². The number of aliphatic imine (C=N–C) groups is 1. The van der Waals surface area contributed by atoms with E-state index in [1.54, 1.807) is 0 Å². The molecule has 0 aromatic rings. The number of nitrogens with zero attached hydrogens (tertiary/aromatic N) is 1. The summed E-state index contributed by atoms with van der Waals surface area (Å²) in [7, 11) is -1.76. The highest BCUT2D eigenvalue weighted by molar-refractivity contribution is 9.21. The SMILES string of the molecule is COCCC1=CN=C(Br)S1(=O)=O. The minimum absolute atomic E-state index is 0.0129. The first kappa shape index (κ1) is 9.88. The Balaban J connectivity index is 2.74. The lowest BCUT2D eigenvalue weighted by Crippen LogP contribution is -2.08. The standard InChI is InChI=1S/C6H8BrNO3S/c1-11-3-2-5-4-8-6(7)12(5,9)10/h4H,2-3H2,1H3. The summed E-state index contributed by atoms with van der Waals surface area (Å²) in [6, 6.07) is 0. The second-order valence-corrected chi connectivity index (χ2v) is 5.42. The highest BCUT2D eigenvalue weighted by Crippen LogP contribution is 2.22. The maximum absolute atomic E-state index is 11.3. The summed E-state index contributed by atoms with van der Waals surface area (Å²) in [5.41, 5.74) is 0. The average molecular weight is 254 g/mol. The molecule has 6 heteroatoms. The molecule has 1 aliphatic rings. The van der Waals surface area contributed by atoms with Gasteiger partial charge in [-0.25, -0.2) is 13.4 Å². The van der Waals surface area contributed by atoms with Gasteiger partial charge in [-0.3, -0.25) is 0 Å². The Labute approximate surface area is 79.4 Å². The molecular formula is C6H8BrNO3S. The molecule has 0 atom stereocenters. The molecule has 0 spiro atoms. The molecule has 4 nitrogen and oxygen atoms in total. The topological polar surface area (TPSA) is 55.7 Å². The highest BCUT2D eigenvalue weighted by Gasteiger charge is 2.26. The van der Waals surface area contributed by atoms with Gasteiger partial charge in [0.15, 0.2) is 0 Å². The van der Waals surface area contributed by atoms with Gasteiger partial charge in [-0.05, 0) is 15.9 Å². The van der Waals surface area contributed by atoms with Gasteiger partial charge in [-0.2, -0.15) is 0 Å². The van der Waals surface area contributed by atoms with E-state index in [9.17, 15) is 8.42 Å². The van der Waals surface area contributed by atoms with E-state index in [0.717, 1.165) is 0 Å². The van der Waals surface area contributed by atoms with E-state index in [2.05, 4.69) is 20.9 Å². The van der Waals surface area contributed by atoms with Crippen molar-refractivity contribution < 1.29 is 13.2 Å². The van der Waals surface area contributed by atoms with Crippen LogP contribution in [0.15, 0.2) is 16.1 Å². The van der Waals surface area contributed by atoms with Gasteiger partial charge in [0.05, 0.1) is 11.5 Å². The fraction of sp³-hybridized carbons (Fsp3) is 0.500. The van der Waals surface area contributed by atoms with Gasteiger partial charge in [-0.1, -0.05) is 0 Å². The van der Waals surface area contributed by atoms with Gasteiger partial charge < -0.3 is 4.74 Å². The summed E-state index contributed by atoms with van der Waals surface area (Å²) in [5, 5.41) is 0. The summed E-state index contributed by atoms with van der Waals surface area (Å²) in [5.74, 6) is 0. The number of hydrogen-bond donors (Lipinski definition) is 0. The van der Waals surface area contributed by atoms with Gasteiger partial charge in [0, 0.05) is 19.7 Å². The molecule has 1 rings (SSSR count). The Kier molecular flexibility index (Phi) is 3.03. The number of rotatable bonds is 3. The Hall–Kier alpha value is -0.200. The largest absolute Gasteiger partial charge is 0.384 e. The predicted octanol–water partition coefficient (Wildman–Crippen LogP) is 1.04. The molecule has 68 valence electrons. The smallest absolute Gasteiger partial charge is 0.228 e. The van der Waals surface area contributed by atoms with Crippen molar-refractivity contribution in [2.75, 3.05) is 13.7 Å². The number of hydrogen-bond acceptors (Lipinski definition) is 4. The van der Waals surface area contributed by atoms with Gasteiger partial charge in [0.1, 0.15) is 0 Å². The molecule has 0 saturated heterocycles. The normalized spacial score (nSPS) is 20.5. The highest BCUT2D eigenvalue weighted by atomic mass is 79.9. The fourth-order valence-electron chi connectivity index (χ4n) is 0.771. The van der Waals surface area contributed by atoms with Crippen LogP contribution >= 0.6 is 15.9 Å². The van der Waals surface area contributed by atoms with Crippen LogP contribution in [0.1, 0.15) is 6.42 Å². The molecule has 0 aliphatic carbocycles. The van der Waals surface area contributed by atoms with Crippen molar-refractivity contribution in [1.82, 2.24) is 0 Å². The van der Waals surface area contributed by atoms with Gasteiger partial charge in [-0.15, -0.1) is 0 Å². The van der Waals surface area contributed by atoms with Crippen molar-refractivity contribution in [2.24, 2.45) is 4.99 Å². The second-order valence-electron chi connectivity index (χ2n) is 2.22. The summed E-state index contributed by atoms with van der Waals surface area (Å²) in [6.45, 7) is 0.390. The molecule has 0 aromatic carbocycles. The third kappa shape index (κ3) is 1.75. The van der Waals surface area contributed by atoms with Crippen molar-refractivity contribution >= 4 is 29.7 Å². The van der Waals surface area contributed by atoms with Gasteiger partial charge >= 0.3 is 0 Å². The maximum Gasteiger partial charge on any atom is 0.228 e. The monoisotopic (exact) mass is 253 g/mol. The third-order valence-electron chi connectivity index (χ3n) is 1.43. The Morgan fingerprint density at radius 2 is 2.33 bits per heavy atom. The zero-order valence-corrected chi connectivity index (χ0v) is 8.85. The average Bonchev–Trinajstić information content (AvgIpc) is 2.25. The summed E-state index contributed by atoms with van der Waals surface area (Å²) < 4.78 is 27.3. The number of sulfone groups is 1. The first-order valence-corrected chi connectivity index (χ1v) is 5.53. The van der Waals surface area contributed by atoms with E-state index >= 15 is 0 Å². The van der Waals surface area contributed by atoms with Crippen LogP contribution < -0.4 is 0 Å². The van der Waals surface area contributed by atoms with Crippen molar-refractivity contribution in [1.29, 1.82) is 0 Å². The Morgan fingerprint density at radius 1 is 1.67 bits per heavy atom. The van der Waals surface area contributed by atoms with E-state index in [-0.39, 0.29) is 3.95 Å². The van der Waals surface area contributed by atoms with Crippen LogP contribution in [-0.2, 0) is 14.6 Å². The minimum Gasteiger partial charge on any atom is -0.384 e. The zero-order chi connectivity index (χ0) is 9.19. The summed E-state index contributed by atoms with van der Waals surface area (Å²) in [6.07, 6.45) is 1.72. The van der Waals surface area contributed by atoms with E-state index in [4.69, 9.17) is 4.74 Å². The van der Waals surface area contributed by atoms with Crippen LogP contribution in [-0.4, -0.2) is 26.1 Å². The number of halogens is 1. The molecule has 0 unspecified atom stereocenters. The van der Waals surface area contributed by atoms with E-state index in [1.807, 2.05) is 0 Å². The first-order chi connectivity index (χ1) is 5.59. The molecule has 0 aromatic heterocycles. The van der Waals surface area contributed by atoms with Crippen LogP contribution in [0.25, 0.3) is 0 Å². The molecule has 0 radical (unpaired) electrons. The van der Waals surface area contributed by atoms with Crippen molar-refractivity contribution in [3.8, 4) is 0 Å². The summed E-state index contributed by atoms with van der Waals surface area (Å²) in [4.78, 5) is 3.95. The number of ether oxygens (including phenoxy) is 1. The van der Waals surface area contributed by atoms with E-state index in [1.165, 1.54) is 13.3 Å². The minimum atomic E-state index is -3.29. The van der Waals surface area contributed by atoms with Gasteiger partial charge in [0.2, 0.25) is 13.8 Å². The van der Waals surface area contributed by atoms with Crippen molar-refractivity contribution in [3.63, 3.8) is 0 Å². The van der Waals surface area contributed by atoms with Crippen LogP contribution in [0.4, 0.5) is 0 Å². The molecule has 0 amide bonds. The summed E-state index contributed by atoms with van der Waals surface area (Å²) >= 11 is 2.86. The Morgan fingerprint density at radius 3 is 2.75 bits per heavy atom. The molecule has 1 heterocycles. The molecule has 0 fully saturated rings. The predicted molar refractivity (Wildman–Crippen MR) is 49.9 cm³/mol. The quantitative estimate of drug-likeness (QED) is 0.756. The van der Waals surface area contributed by atoms with E-state index in [0.29, 0.717) is 17.9 Å². The number of methoxy groups -OCH3 is 1. The molecule has 1 aliphatic heterocycles. The van der Waals surface area contributed by atoms with Gasteiger partial charge in [0.25, 0.3) is 0 Å². The fourth-order valence-corrected chi connectivity index (χ4v) is 2.45. The lowest BCUT2D eigenvalue weighted by molar-refractivity contribution is 0.203. The lowest BCUT2D eigenvalue weighted by atomic mass is 10.4. The molecule has 12 heavy (non-hydrogen) atoms. The van der Waals surface area contributed by atoms with Crippen LogP contribution in [0.3, 0.4) is 0 Å². The maximum atomic E-state index is 11.3. The molecule has 0 saturated carbocycles. The second kappa shape index (κ2) is 3.68. The third-order valence-corrected chi connectivity index (χ3v) is 4.46. The van der Waals surface area contributed by atoms with E-state index < -0.39 is 9.84 Å². The van der Waals surface area contributed by atoms with Crippen LogP contribution in [0.2, 0.25) is 0 Å². The lowest BCUT2D eigenvalue weighted by Gasteiger charge is -1.99. The zero-order valence-electron chi connectivity index (χ0n) is 6.45. The first-order valence-electron chi connectivity index (χ1n) is 3.25. The molecule has 0 bridgehead atoms. The van der Waals surface area contributed by atoms with Crippen LogP contribution in [0, 0.1) is 0 Å². The molecular weight excluding hydrogens is 246 g/mol. The van der Waals surface area contributed by atoms with Crippen molar-refractivity contribution in [2.45, 2.75) is 6.42 Å². The van der Waals surface area contributed by atoms with Crippen LogP contribution in [0.5, 0.6) is 0 Å². The Bertz CT molecular complexity index is 331. The molecule has 0 N–H and O–H groups in total.